The highest BCUT2D eigenvalue weighted by Gasteiger charge is 2.32. The molecule has 0 fully saturated rings. The number of rotatable bonds is 3. The molecule has 0 saturated heterocycles. The third-order valence-corrected chi connectivity index (χ3v) is 3.51. The van der Waals surface area contributed by atoms with Gasteiger partial charge in [0.25, 0.3) is 0 Å². The van der Waals surface area contributed by atoms with Crippen LogP contribution in [0, 0.1) is 0 Å². The van der Waals surface area contributed by atoms with Crippen molar-refractivity contribution < 1.29 is 34.4 Å². The maximum absolute atomic E-state index is 11.0. The van der Waals surface area contributed by atoms with Crippen molar-refractivity contribution in [3.63, 3.8) is 0 Å². The first-order valence-corrected chi connectivity index (χ1v) is 5.90. The maximum Gasteiger partial charge on any atom is 0.349 e. The largest absolute Gasteiger partial charge is 0.488 e. The van der Waals surface area contributed by atoms with Crippen LogP contribution in [0.3, 0.4) is 0 Å². The van der Waals surface area contributed by atoms with Crippen molar-refractivity contribution in [3.8, 4) is 11.5 Å². The lowest BCUT2D eigenvalue weighted by Gasteiger charge is -2.12. The Bertz CT molecular complexity index is 493. The lowest BCUT2D eigenvalue weighted by atomic mass is 10.3. The Hall–Kier alpha value is -1.80. The van der Waals surface area contributed by atoms with E-state index >= 15 is 0 Å². The quantitative estimate of drug-likeness (QED) is 0.742. The number of ether oxygens (including phenoxy) is 2. The number of fused-ring (bicyclic) bond motifs is 1. The van der Waals surface area contributed by atoms with Crippen LogP contribution in [0.15, 0.2) is 0 Å². The van der Waals surface area contributed by atoms with Gasteiger partial charge in [-0.3, -0.25) is 0 Å². The monoisotopic (exact) mass is 274 g/mol. The first-order chi connectivity index (χ1) is 8.54. The SMILES string of the molecule is O=C(O)c1sc(C(=O)O)c2c1OCCC(CO)O2. The van der Waals surface area contributed by atoms with Crippen molar-refractivity contribution >= 4 is 23.3 Å². The van der Waals surface area contributed by atoms with Gasteiger partial charge in [-0.05, 0) is 0 Å². The summed E-state index contributed by atoms with van der Waals surface area (Å²) in [6, 6.07) is 0. The molecule has 0 aromatic carbocycles. The van der Waals surface area contributed by atoms with E-state index in [1.807, 2.05) is 0 Å². The van der Waals surface area contributed by atoms with Crippen LogP contribution in [-0.2, 0) is 0 Å². The van der Waals surface area contributed by atoms with Crippen molar-refractivity contribution in [2.24, 2.45) is 0 Å². The Morgan fingerprint density at radius 1 is 1.22 bits per heavy atom. The predicted octanol–water partition coefficient (Wildman–Crippen LogP) is 0.667. The molecule has 18 heavy (non-hydrogen) atoms. The van der Waals surface area contributed by atoms with E-state index in [1.165, 1.54) is 0 Å². The first kappa shape index (κ1) is 12.7. The van der Waals surface area contributed by atoms with E-state index in [9.17, 15) is 9.59 Å². The van der Waals surface area contributed by atoms with E-state index in [-0.39, 0.29) is 34.5 Å². The Morgan fingerprint density at radius 3 is 2.39 bits per heavy atom. The van der Waals surface area contributed by atoms with Crippen molar-refractivity contribution in [2.45, 2.75) is 12.5 Å². The van der Waals surface area contributed by atoms with Crippen LogP contribution >= 0.6 is 11.3 Å². The van der Waals surface area contributed by atoms with Crippen LogP contribution < -0.4 is 9.47 Å². The summed E-state index contributed by atoms with van der Waals surface area (Å²) in [5.74, 6) is -2.73. The molecule has 1 aromatic rings. The van der Waals surface area contributed by atoms with Crippen LogP contribution in [0.4, 0.5) is 0 Å². The van der Waals surface area contributed by atoms with Crippen molar-refractivity contribution in [1.29, 1.82) is 0 Å². The zero-order valence-electron chi connectivity index (χ0n) is 9.08. The van der Waals surface area contributed by atoms with Gasteiger partial charge in [0.1, 0.15) is 6.10 Å². The molecular formula is C10H10O7S. The Kier molecular flexibility index (Phi) is 3.39. The zero-order chi connectivity index (χ0) is 13.3. The van der Waals surface area contributed by atoms with Gasteiger partial charge < -0.3 is 24.8 Å². The number of aliphatic hydroxyl groups excluding tert-OH is 1. The molecule has 3 N–H and O–H groups in total. The normalized spacial score (nSPS) is 18.2. The molecule has 7 nitrogen and oxygen atoms in total. The predicted molar refractivity (Wildman–Crippen MR) is 59.9 cm³/mol. The summed E-state index contributed by atoms with van der Waals surface area (Å²) in [4.78, 5) is 21.6. The van der Waals surface area contributed by atoms with Gasteiger partial charge in [-0.2, -0.15) is 0 Å². The van der Waals surface area contributed by atoms with Crippen LogP contribution in [-0.4, -0.2) is 46.6 Å². The van der Waals surface area contributed by atoms with E-state index in [0.29, 0.717) is 17.8 Å². The number of thiophene rings is 1. The summed E-state index contributed by atoms with van der Waals surface area (Å²) >= 11 is 0.583. The summed E-state index contributed by atoms with van der Waals surface area (Å²) < 4.78 is 10.6. The van der Waals surface area contributed by atoms with Crippen LogP contribution in [0.5, 0.6) is 11.5 Å². The number of hydrogen-bond acceptors (Lipinski definition) is 6. The first-order valence-electron chi connectivity index (χ1n) is 5.08. The van der Waals surface area contributed by atoms with E-state index in [2.05, 4.69) is 0 Å². The molecule has 1 aromatic heterocycles. The molecule has 0 amide bonds. The highest BCUT2D eigenvalue weighted by atomic mass is 32.1. The molecule has 0 aliphatic carbocycles. The smallest absolute Gasteiger partial charge is 0.349 e. The van der Waals surface area contributed by atoms with Crippen LogP contribution in [0.2, 0.25) is 0 Å². The van der Waals surface area contributed by atoms with Crippen molar-refractivity contribution in [3.05, 3.63) is 9.75 Å². The van der Waals surface area contributed by atoms with Crippen LogP contribution in [0.1, 0.15) is 25.8 Å². The summed E-state index contributed by atoms with van der Waals surface area (Å²) in [7, 11) is 0. The second-order valence-corrected chi connectivity index (χ2v) is 4.61. The molecule has 2 heterocycles. The fourth-order valence-electron chi connectivity index (χ4n) is 1.57. The van der Waals surface area contributed by atoms with Gasteiger partial charge in [-0.15, -0.1) is 11.3 Å². The topological polar surface area (TPSA) is 113 Å². The minimum atomic E-state index is -1.29. The number of carboxylic acid groups (broad SMARTS) is 2. The molecule has 0 radical (unpaired) electrons. The van der Waals surface area contributed by atoms with E-state index < -0.39 is 18.0 Å². The molecule has 0 saturated carbocycles. The van der Waals surface area contributed by atoms with Crippen molar-refractivity contribution in [1.82, 2.24) is 0 Å². The minimum absolute atomic E-state index is 0.0687. The third kappa shape index (κ3) is 2.12. The standard InChI is InChI=1S/C10H10O7S/c11-3-4-1-2-16-5-6(17-4)8(10(14)15)18-7(5)9(12)13/h4,11H,1-3H2,(H,12,13)(H,14,15). The molecule has 1 atom stereocenters. The maximum atomic E-state index is 11.0. The summed E-state index contributed by atoms with van der Waals surface area (Å²) in [5, 5.41) is 27.0. The summed E-state index contributed by atoms with van der Waals surface area (Å²) in [5.41, 5.74) is 0. The fraction of sp³-hybridized carbons (Fsp3) is 0.400. The number of aliphatic hydroxyl groups is 1. The minimum Gasteiger partial charge on any atom is -0.488 e. The van der Waals surface area contributed by atoms with E-state index in [1.54, 1.807) is 0 Å². The fourth-order valence-corrected chi connectivity index (χ4v) is 2.42. The molecule has 1 aliphatic rings. The molecular weight excluding hydrogens is 264 g/mol. The lowest BCUT2D eigenvalue weighted by molar-refractivity contribution is 0.0681. The Morgan fingerprint density at radius 2 is 1.83 bits per heavy atom. The van der Waals surface area contributed by atoms with Gasteiger partial charge in [0.2, 0.25) is 0 Å². The lowest BCUT2D eigenvalue weighted by Crippen LogP contribution is -2.21. The molecule has 8 heteroatoms. The summed E-state index contributed by atoms with van der Waals surface area (Å²) in [6.45, 7) is -0.131. The molecule has 1 aliphatic heterocycles. The molecule has 2 rings (SSSR count). The van der Waals surface area contributed by atoms with Gasteiger partial charge in [-0.1, -0.05) is 0 Å². The third-order valence-electron chi connectivity index (χ3n) is 2.39. The van der Waals surface area contributed by atoms with Gasteiger partial charge in [0.05, 0.1) is 13.2 Å². The number of carbonyl (C=O) groups is 2. The second-order valence-electron chi connectivity index (χ2n) is 3.59. The van der Waals surface area contributed by atoms with Gasteiger partial charge in [0, 0.05) is 6.42 Å². The molecule has 1 unspecified atom stereocenters. The number of hydrogen-bond donors (Lipinski definition) is 3. The van der Waals surface area contributed by atoms with Crippen molar-refractivity contribution in [2.75, 3.05) is 13.2 Å². The van der Waals surface area contributed by atoms with Gasteiger partial charge >= 0.3 is 11.9 Å². The average Bonchev–Trinajstić information content (AvgIpc) is 2.54. The summed E-state index contributed by atoms with van der Waals surface area (Å²) in [6.07, 6.45) is -0.242. The average molecular weight is 274 g/mol. The molecule has 0 spiro atoms. The Labute approximate surface area is 105 Å². The van der Waals surface area contributed by atoms with Gasteiger partial charge in [0.15, 0.2) is 21.3 Å². The highest BCUT2D eigenvalue weighted by molar-refractivity contribution is 7.16. The zero-order valence-corrected chi connectivity index (χ0v) is 9.90. The molecule has 0 bridgehead atoms. The Balaban J connectivity index is 2.52. The van der Waals surface area contributed by atoms with Gasteiger partial charge in [-0.25, -0.2) is 9.59 Å². The van der Waals surface area contributed by atoms with E-state index in [4.69, 9.17) is 24.8 Å². The van der Waals surface area contributed by atoms with Crippen LogP contribution in [0.25, 0.3) is 0 Å². The highest BCUT2D eigenvalue weighted by Crippen LogP contribution is 2.44. The number of carboxylic acids is 2. The molecule has 98 valence electrons. The number of aromatic carboxylic acids is 2. The van der Waals surface area contributed by atoms with E-state index in [0.717, 1.165) is 0 Å². The second kappa shape index (κ2) is 4.83.